The first-order valence-corrected chi connectivity index (χ1v) is 11.1. The molecule has 2 heterocycles. The van der Waals surface area contributed by atoms with Gasteiger partial charge in [0.05, 0.1) is 33.3 Å². The van der Waals surface area contributed by atoms with Crippen molar-refractivity contribution in [1.82, 2.24) is 15.4 Å². The Morgan fingerprint density at radius 1 is 0.971 bits per heavy atom. The number of rotatable bonds is 6. The minimum Gasteiger partial charge on any atom is -0.497 e. The Kier molecular flexibility index (Phi) is 5.78. The molecule has 178 valence electrons. The van der Waals surface area contributed by atoms with E-state index in [4.69, 9.17) is 14.2 Å². The Balaban J connectivity index is 1.59. The van der Waals surface area contributed by atoms with Gasteiger partial charge in [-0.15, -0.1) is 0 Å². The SMILES string of the molecule is COc1ccc([C@H]2c3cc(OC)c(OC)cc3CC(=O)N2NC(=O)c2c[nH]c3ccccc23)cc1. The van der Waals surface area contributed by atoms with Gasteiger partial charge in [-0.1, -0.05) is 30.3 Å². The molecule has 4 aromatic rings. The fraction of sp³-hybridized carbons (Fsp3) is 0.185. The third-order valence-electron chi connectivity index (χ3n) is 6.30. The highest BCUT2D eigenvalue weighted by Gasteiger charge is 2.36. The Bertz CT molecular complexity index is 1410. The first kappa shape index (κ1) is 22.3. The highest BCUT2D eigenvalue weighted by Crippen LogP contribution is 2.41. The maximum absolute atomic E-state index is 13.4. The van der Waals surface area contributed by atoms with E-state index in [2.05, 4.69) is 10.4 Å². The summed E-state index contributed by atoms with van der Waals surface area (Å²) in [5.74, 6) is 1.17. The summed E-state index contributed by atoms with van der Waals surface area (Å²) in [6.07, 6.45) is 1.76. The number of hydrogen-bond donors (Lipinski definition) is 2. The Labute approximate surface area is 202 Å². The lowest BCUT2D eigenvalue weighted by atomic mass is 9.88. The number of fused-ring (bicyclic) bond motifs is 2. The van der Waals surface area contributed by atoms with E-state index in [0.717, 1.165) is 27.6 Å². The number of H-pyrrole nitrogens is 1. The zero-order valence-corrected chi connectivity index (χ0v) is 19.6. The molecule has 0 radical (unpaired) electrons. The van der Waals surface area contributed by atoms with Gasteiger partial charge in [0.15, 0.2) is 11.5 Å². The monoisotopic (exact) mass is 471 g/mol. The number of hydrazine groups is 1. The topological polar surface area (TPSA) is 92.9 Å². The van der Waals surface area contributed by atoms with Crippen molar-refractivity contribution in [3.05, 3.63) is 89.1 Å². The molecule has 1 aliphatic rings. The molecule has 1 aliphatic heterocycles. The van der Waals surface area contributed by atoms with Crippen molar-refractivity contribution < 1.29 is 23.8 Å². The number of carbonyl (C=O) groups excluding carboxylic acids is 2. The van der Waals surface area contributed by atoms with E-state index in [1.807, 2.05) is 60.7 Å². The highest BCUT2D eigenvalue weighted by atomic mass is 16.5. The molecule has 8 heteroatoms. The number of hydrogen-bond acceptors (Lipinski definition) is 5. The number of aromatic amines is 1. The minimum atomic E-state index is -0.578. The quantitative estimate of drug-likeness (QED) is 0.443. The average molecular weight is 472 g/mol. The van der Waals surface area contributed by atoms with Gasteiger partial charge in [-0.05, 0) is 47.0 Å². The van der Waals surface area contributed by atoms with Gasteiger partial charge < -0.3 is 19.2 Å². The molecule has 35 heavy (non-hydrogen) atoms. The Morgan fingerprint density at radius 2 is 1.69 bits per heavy atom. The largest absolute Gasteiger partial charge is 0.497 e. The van der Waals surface area contributed by atoms with Crippen LogP contribution in [0.5, 0.6) is 17.2 Å². The highest BCUT2D eigenvalue weighted by molar-refractivity contribution is 6.07. The fourth-order valence-electron chi connectivity index (χ4n) is 4.55. The molecule has 0 saturated heterocycles. The van der Waals surface area contributed by atoms with Crippen LogP contribution in [0.2, 0.25) is 0 Å². The van der Waals surface area contributed by atoms with Gasteiger partial charge in [0.25, 0.3) is 5.91 Å². The molecular formula is C27H25N3O5. The lowest BCUT2D eigenvalue weighted by Gasteiger charge is -2.37. The molecule has 0 unspecified atom stereocenters. The summed E-state index contributed by atoms with van der Waals surface area (Å²) in [6.45, 7) is 0. The van der Waals surface area contributed by atoms with Gasteiger partial charge in [-0.3, -0.25) is 15.0 Å². The second kappa shape index (κ2) is 9.06. The Hall–Kier alpha value is -4.46. The number of nitrogens with one attached hydrogen (secondary N) is 2. The van der Waals surface area contributed by atoms with Gasteiger partial charge >= 0.3 is 0 Å². The molecule has 3 aromatic carbocycles. The number of carbonyl (C=O) groups is 2. The number of para-hydroxylation sites is 1. The molecule has 0 saturated carbocycles. The van der Waals surface area contributed by atoms with Crippen LogP contribution in [0.1, 0.15) is 33.1 Å². The van der Waals surface area contributed by atoms with Gasteiger partial charge in [0.2, 0.25) is 5.91 Å². The van der Waals surface area contributed by atoms with E-state index >= 15 is 0 Å². The Morgan fingerprint density at radius 3 is 2.40 bits per heavy atom. The zero-order chi connectivity index (χ0) is 24.5. The molecule has 0 bridgehead atoms. The molecule has 0 spiro atoms. The van der Waals surface area contributed by atoms with Crippen LogP contribution in [0.3, 0.4) is 0 Å². The first-order chi connectivity index (χ1) is 17.0. The van der Waals surface area contributed by atoms with Crippen LogP contribution in [0.4, 0.5) is 0 Å². The van der Waals surface area contributed by atoms with Gasteiger partial charge in [0, 0.05) is 17.1 Å². The van der Waals surface area contributed by atoms with E-state index in [-0.39, 0.29) is 18.2 Å². The minimum absolute atomic E-state index is 0.108. The van der Waals surface area contributed by atoms with E-state index in [0.29, 0.717) is 22.8 Å². The van der Waals surface area contributed by atoms with Crippen LogP contribution in [0.15, 0.2) is 66.9 Å². The summed E-state index contributed by atoms with van der Waals surface area (Å²) in [7, 11) is 4.72. The number of aromatic nitrogens is 1. The van der Waals surface area contributed by atoms with Crippen LogP contribution in [0.25, 0.3) is 10.9 Å². The number of ether oxygens (including phenoxy) is 3. The standard InChI is InChI=1S/C27H25N3O5/c1-33-18-10-8-16(9-11-18)26-20-14-24(35-3)23(34-2)12-17(20)13-25(31)30(26)29-27(32)21-15-28-22-7-5-4-6-19(21)22/h4-12,14-15,26,28H,13H2,1-3H3,(H,29,32)/t26-/m0/s1. The van der Waals surface area contributed by atoms with E-state index < -0.39 is 6.04 Å². The van der Waals surface area contributed by atoms with Gasteiger partial charge in [0.1, 0.15) is 11.8 Å². The molecule has 8 nitrogen and oxygen atoms in total. The van der Waals surface area contributed by atoms with Crippen molar-refractivity contribution in [3.8, 4) is 17.2 Å². The third kappa shape index (κ3) is 3.93. The summed E-state index contributed by atoms with van der Waals surface area (Å²) in [5, 5.41) is 2.18. The van der Waals surface area contributed by atoms with Crippen LogP contribution >= 0.6 is 0 Å². The summed E-state index contributed by atoms with van der Waals surface area (Å²) < 4.78 is 16.3. The van der Waals surface area contributed by atoms with Gasteiger partial charge in [-0.25, -0.2) is 5.01 Å². The normalized spacial score (nSPS) is 15.0. The van der Waals surface area contributed by atoms with Crippen molar-refractivity contribution >= 4 is 22.7 Å². The van der Waals surface area contributed by atoms with Crippen LogP contribution < -0.4 is 19.6 Å². The van der Waals surface area contributed by atoms with Gasteiger partial charge in [-0.2, -0.15) is 0 Å². The maximum Gasteiger partial charge on any atom is 0.272 e. The van der Waals surface area contributed by atoms with Crippen LogP contribution in [-0.4, -0.2) is 43.1 Å². The summed E-state index contributed by atoms with van der Waals surface area (Å²) >= 11 is 0. The molecule has 1 atom stereocenters. The lowest BCUT2D eigenvalue weighted by molar-refractivity contribution is -0.136. The lowest BCUT2D eigenvalue weighted by Crippen LogP contribution is -2.51. The molecule has 5 rings (SSSR count). The molecular weight excluding hydrogens is 446 g/mol. The fourth-order valence-corrected chi connectivity index (χ4v) is 4.55. The maximum atomic E-state index is 13.4. The average Bonchev–Trinajstić information content (AvgIpc) is 3.33. The number of amides is 2. The number of methoxy groups -OCH3 is 3. The molecule has 0 aliphatic carbocycles. The van der Waals surface area contributed by atoms with Crippen LogP contribution in [-0.2, 0) is 11.2 Å². The van der Waals surface area contributed by atoms with E-state index in [1.165, 1.54) is 5.01 Å². The van der Waals surface area contributed by atoms with Crippen molar-refractivity contribution in [2.24, 2.45) is 0 Å². The number of benzene rings is 3. The van der Waals surface area contributed by atoms with Crippen molar-refractivity contribution in [2.75, 3.05) is 21.3 Å². The number of nitrogens with zero attached hydrogens (tertiary/aromatic N) is 1. The summed E-state index contributed by atoms with van der Waals surface area (Å²) in [5.41, 5.74) is 6.63. The predicted molar refractivity (Wildman–Crippen MR) is 131 cm³/mol. The second-order valence-electron chi connectivity index (χ2n) is 8.21. The van der Waals surface area contributed by atoms with E-state index in [1.54, 1.807) is 27.5 Å². The first-order valence-electron chi connectivity index (χ1n) is 11.1. The molecule has 2 N–H and O–H groups in total. The molecule has 1 aromatic heterocycles. The van der Waals surface area contributed by atoms with Crippen molar-refractivity contribution in [2.45, 2.75) is 12.5 Å². The third-order valence-corrected chi connectivity index (χ3v) is 6.30. The van der Waals surface area contributed by atoms with Crippen LogP contribution in [0, 0.1) is 0 Å². The second-order valence-corrected chi connectivity index (χ2v) is 8.21. The van der Waals surface area contributed by atoms with Crippen molar-refractivity contribution in [3.63, 3.8) is 0 Å². The molecule has 2 amide bonds. The summed E-state index contributed by atoms with van der Waals surface area (Å²) in [4.78, 5) is 29.9. The predicted octanol–water partition coefficient (Wildman–Crippen LogP) is 4.01. The van der Waals surface area contributed by atoms with Crippen molar-refractivity contribution in [1.29, 1.82) is 0 Å². The zero-order valence-electron chi connectivity index (χ0n) is 19.6. The van der Waals surface area contributed by atoms with E-state index in [9.17, 15) is 9.59 Å². The molecule has 0 fully saturated rings. The smallest absolute Gasteiger partial charge is 0.272 e. The summed E-state index contributed by atoms with van der Waals surface area (Å²) in [6, 6.07) is 18.1.